The van der Waals surface area contributed by atoms with Crippen molar-refractivity contribution in [3.63, 3.8) is 0 Å². The van der Waals surface area contributed by atoms with Gasteiger partial charge in [0.25, 0.3) is 5.91 Å². The van der Waals surface area contributed by atoms with Gasteiger partial charge >= 0.3 is 0 Å². The molecule has 1 aromatic heterocycles. The number of pyridine rings is 1. The molecular formula is C9H10ClN3O. The first-order chi connectivity index (χ1) is 6.56. The SMILES string of the molecule is CNC(=O)C(=N)c1cnc(Cl)cc1C. The van der Waals surface area contributed by atoms with Crippen molar-refractivity contribution in [3.05, 3.63) is 28.5 Å². The molecule has 5 heteroatoms. The van der Waals surface area contributed by atoms with Gasteiger partial charge in [0.1, 0.15) is 10.9 Å². The number of likely N-dealkylation sites (N-methyl/N-ethyl adjacent to an activating group) is 1. The van der Waals surface area contributed by atoms with Crippen molar-refractivity contribution in [2.45, 2.75) is 6.92 Å². The number of halogens is 1. The number of carbonyl (C=O) groups excluding carboxylic acids is 1. The molecule has 74 valence electrons. The molecule has 0 spiro atoms. The zero-order valence-electron chi connectivity index (χ0n) is 7.89. The second-order valence-corrected chi connectivity index (χ2v) is 3.16. The number of nitrogens with zero attached hydrogens (tertiary/aromatic N) is 1. The summed E-state index contributed by atoms with van der Waals surface area (Å²) in [5, 5.41) is 10.3. The molecule has 0 radical (unpaired) electrons. The largest absolute Gasteiger partial charge is 0.354 e. The first-order valence-electron chi connectivity index (χ1n) is 3.99. The van der Waals surface area contributed by atoms with Crippen LogP contribution in [-0.4, -0.2) is 23.7 Å². The Morgan fingerprint density at radius 2 is 2.29 bits per heavy atom. The lowest BCUT2D eigenvalue weighted by molar-refractivity contribution is -0.114. The van der Waals surface area contributed by atoms with Gasteiger partial charge in [-0.2, -0.15) is 0 Å². The highest BCUT2D eigenvalue weighted by atomic mass is 35.5. The van der Waals surface area contributed by atoms with Crippen LogP contribution in [0.15, 0.2) is 12.3 Å². The molecule has 0 saturated carbocycles. The first kappa shape index (κ1) is 10.7. The van der Waals surface area contributed by atoms with Crippen LogP contribution in [0.4, 0.5) is 0 Å². The van der Waals surface area contributed by atoms with Crippen LogP contribution in [0.1, 0.15) is 11.1 Å². The van der Waals surface area contributed by atoms with Gasteiger partial charge in [-0.3, -0.25) is 10.2 Å². The third-order valence-electron chi connectivity index (χ3n) is 1.80. The van der Waals surface area contributed by atoms with Crippen LogP contribution in [0.3, 0.4) is 0 Å². The number of amides is 1. The number of nitrogens with one attached hydrogen (secondary N) is 2. The Kier molecular flexibility index (Phi) is 3.19. The molecule has 0 fully saturated rings. The highest BCUT2D eigenvalue weighted by molar-refractivity contribution is 6.44. The molecule has 2 N–H and O–H groups in total. The topological polar surface area (TPSA) is 65.8 Å². The van der Waals surface area contributed by atoms with Gasteiger partial charge in [0, 0.05) is 18.8 Å². The van der Waals surface area contributed by atoms with Gasteiger partial charge in [-0.05, 0) is 18.6 Å². The number of hydrogen-bond donors (Lipinski definition) is 2. The van der Waals surface area contributed by atoms with Crippen LogP contribution in [0.2, 0.25) is 5.15 Å². The molecule has 0 atom stereocenters. The van der Waals surface area contributed by atoms with Gasteiger partial charge in [-0.15, -0.1) is 0 Å². The highest BCUT2D eigenvalue weighted by Gasteiger charge is 2.12. The van der Waals surface area contributed by atoms with Crippen LogP contribution in [-0.2, 0) is 4.79 Å². The summed E-state index contributed by atoms with van der Waals surface area (Å²) < 4.78 is 0. The molecule has 0 bridgehead atoms. The van der Waals surface area contributed by atoms with E-state index in [1.54, 1.807) is 13.0 Å². The summed E-state index contributed by atoms with van der Waals surface area (Å²) >= 11 is 5.65. The number of aryl methyl sites for hydroxylation is 1. The second kappa shape index (κ2) is 4.19. The lowest BCUT2D eigenvalue weighted by Gasteiger charge is -2.05. The standard InChI is InChI=1S/C9H10ClN3O/c1-5-3-7(10)13-4-6(5)8(11)9(14)12-2/h3-4,11H,1-2H3,(H,12,14). The maximum absolute atomic E-state index is 11.2. The van der Waals surface area contributed by atoms with E-state index in [1.807, 2.05) is 0 Å². The molecular weight excluding hydrogens is 202 g/mol. The Morgan fingerprint density at radius 3 is 2.79 bits per heavy atom. The van der Waals surface area contributed by atoms with E-state index >= 15 is 0 Å². The van der Waals surface area contributed by atoms with E-state index in [-0.39, 0.29) is 5.71 Å². The van der Waals surface area contributed by atoms with Crippen molar-refractivity contribution >= 4 is 23.2 Å². The molecule has 0 aromatic carbocycles. The van der Waals surface area contributed by atoms with Gasteiger partial charge in [-0.25, -0.2) is 4.98 Å². The van der Waals surface area contributed by atoms with E-state index in [2.05, 4.69) is 10.3 Å². The van der Waals surface area contributed by atoms with Gasteiger partial charge in [0.15, 0.2) is 0 Å². The molecule has 0 saturated heterocycles. The van der Waals surface area contributed by atoms with Crippen LogP contribution < -0.4 is 5.32 Å². The number of carbonyl (C=O) groups is 1. The predicted octanol–water partition coefficient (Wildman–Crippen LogP) is 1.16. The smallest absolute Gasteiger partial charge is 0.269 e. The van der Waals surface area contributed by atoms with E-state index < -0.39 is 5.91 Å². The van der Waals surface area contributed by atoms with Crippen LogP contribution >= 0.6 is 11.6 Å². The van der Waals surface area contributed by atoms with Gasteiger partial charge in [-0.1, -0.05) is 11.6 Å². The molecule has 0 aliphatic carbocycles. The number of hydrogen-bond acceptors (Lipinski definition) is 3. The molecule has 1 aromatic rings. The van der Waals surface area contributed by atoms with E-state index in [1.165, 1.54) is 13.2 Å². The summed E-state index contributed by atoms with van der Waals surface area (Å²) in [7, 11) is 1.48. The predicted molar refractivity (Wildman–Crippen MR) is 54.9 cm³/mol. The van der Waals surface area contributed by atoms with Gasteiger partial charge in [0.05, 0.1) is 0 Å². The fourth-order valence-corrected chi connectivity index (χ4v) is 1.24. The Labute approximate surface area is 86.8 Å². The number of rotatable bonds is 2. The minimum absolute atomic E-state index is 0.103. The Morgan fingerprint density at radius 1 is 1.64 bits per heavy atom. The van der Waals surface area contributed by atoms with Crippen LogP contribution in [0, 0.1) is 12.3 Å². The Hall–Kier alpha value is -1.42. The van der Waals surface area contributed by atoms with Crippen molar-refractivity contribution in [3.8, 4) is 0 Å². The van der Waals surface area contributed by atoms with E-state index in [9.17, 15) is 4.79 Å². The van der Waals surface area contributed by atoms with Gasteiger partial charge in [0.2, 0.25) is 0 Å². The van der Waals surface area contributed by atoms with E-state index in [0.717, 1.165) is 5.56 Å². The number of aromatic nitrogens is 1. The van der Waals surface area contributed by atoms with E-state index in [0.29, 0.717) is 10.7 Å². The quantitative estimate of drug-likeness (QED) is 0.570. The average molecular weight is 212 g/mol. The summed E-state index contributed by atoms with van der Waals surface area (Å²) in [4.78, 5) is 15.0. The molecule has 1 heterocycles. The Balaban J connectivity index is 3.08. The Bertz CT molecular complexity index is 390. The van der Waals surface area contributed by atoms with Crippen molar-refractivity contribution in [1.82, 2.24) is 10.3 Å². The lowest BCUT2D eigenvalue weighted by Crippen LogP contribution is -2.28. The molecule has 1 rings (SSSR count). The normalized spacial score (nSPS) is 9.64. The molecule has 1 amide bonds. The molecule has 0 aliphatic heterocycles. The average Bonchev–Trinajstić information content (AvgIpc) is 2.15. The summed E-state index contributed by atoms with van der Waals surface area (Å²) in [5.41, 5.74) is 1.15. The molecule has 4 nitrogen and oxygen atoms in total. The zero-order chi connectivity index (χ0) is 10.7. The molecule has 0 unspecified atom stereocenters. The second-order valence-electron chi connectivity index (χ2n) is 2.78. The third kappa shape index (κ3) is 2.09. The summed E-state index contributed by atoms with van der Waals surface area (Å²) in [6.07, 6.45) is 1.43. The zero-order valence-corrected chi connectivity index (χ0v) is 8.64. The monoisotopic (exact) mass is 211 g/mol. The van der Waals surface area contributed by atoms with Crippen molar-refractivity contribution in [1.29, 1.82) is 5.41 Å². The maximum Gasteiger partial charge on any atom is 0.269 e. The fraction of sp³-hybridized carbons (Fsp3) is 0.222. The lowest BCUT2D eigenvalue weighted by atomic mass is 10.1. The van der Waals surface area contributed by atoms with E-state index in [4.69, 9.17) is 17.0 Å². The summed E-state index contributed by atoms with van der Waals surface area (Å²) in [6.45, 7) is 1.78. The minimum Gasteiger partial charge on any atom is -0.354 e. The van der Waals surface area contributed by atoms with Crippen molar-refractivity contribution in [2.75, 3.05) is 7.05 Å². The summed E-state index contributed by atoms with van der Waals surface area (Å²) in [5.74, 6) is -0.433. The van der Waals surface area contributed by atoms with Crippen LogP contribution in [0.5, 0.6) is 0 Å². The van der Waals surface area contributed by atoms with Crippen LogP contribution in [0.25, 0.3) is 0 Å². The van der Waals surface area contributed by atoms with Crippen molar-refractivity contribution in [2.24, 2.45) is 0 Å². The minimum atomic E-state index is -0.433. The third-order valence-corrected chi connectivity index (χ3v) is 2.01. The summed E-state index contributed by atoms with van der Waals surface area (Å²) in [6, 6.07) is 1.62. The molecule has 0 aliphatic rings. The fourth-order valence-electron chi connectivity index (χ4n) is 1.03. The molecule has 14 heavy (non-hydrogen) atoms. The van der Waals surface area contributed by atoms with Crippen molar-refractivity contribution < 1.29 is 4.79 Å². The first-order valence-corrected chi connectivity index (χ1v) is 4.37. The highest BCUT2D eigenvalue weighted by Crippen LogP contribution is 2.12. The van der Waals surface area contributed by atoms with Gasteiger partial charge < -0.3 is 5.32 Å². The maximum atomic E-state index is 11.2.